The van der Waals surface area contributed by atoms with Gasteiger partial charge < -0.3 is 20.1 Å². The van der Waals surface area contributed by atoms with E-state index in [0.717, 1.165) is 44.2 Å². The van der Waals surface area contributed by atoms with Crippen LogP contribution in [0.4, 0.5) is 161 Å². The van der Waals surface area contributed by atoms with Crippen LogP contribution in [0.2, 0.25) is 0 Å². The normalized spacial score (nSPS) is 14.6. The van der Waals surface area contributed by atoms with Crippen molar-refractivity contribution in [2.24, 2.45) is 0 Å². The third-order valence-corrected chi connectivity index (χ3v) is 14.0. The SMILES string of the molecule is CCCCCCCCOc1ccc(C(=O)/C=C\Nc2cc(C(F)(F)C(F)(F)C(F)(F)C(F)(F)C(F)(F)C(F)(F)C(F)(F)C(F)(F)F)c(OCCCCCCCC)cc2N/C=C\C(=O)c2ccc(C(F)(F)C(F)(F)C(F)(F)C(F)(F)C(F)(F)C(F)(F)C(F)(F)C(F)(F)F)cc2)cc1. The highest BCUT2D eigenvalue weighted by Crippen LogP contribution is 2.68. The van der Waals surface area contributed by atoms with Gasteiger partial charge in [-0.3, -0.25) is 9.59 Å². The Bertz CT molecular complexity index is 3140. The Labute approximate surface area is 519 Å². The number of nitrogens with one attached hydrogen (secondary N) is 2. The van der Waals surface area contributed by atoms with Gasteiger partial charge in [0.15, 0.2) is 11.6 Å². The smallest absolute Gasteiger partial charge is 0.460 e. The molecule has 0 unspecified atom stereocenters. The van der Waals surface area contributed by atoms with Gasteiger partial charge in [-0.25, -0.2) is 0 Å². The lowest BCUT2D eigenvalue weighted by atomic mass is 9.86. The van der Waals surface area contributed by atoms with Crippen LogP contribution in [0.5, 0.6) is 11.5 Å². The summed E-state index contributed by atoms with van der Waals surface area (Å²) in [5, 5.41) is 3.81. The summed E-state index contributed by atoms with van der Waals surface area (Å²) in [6.45, 7) is 2.85. The molecule has 40 heteroatoms. The maximum atomic E-state index is 16.3. The molecule has 0 saturated heterocycles. The minimum Gasteiger partial charge on any atom is -0.494 e. The summed E-state index contributed by atoms with van der Waals surface area (Å²) in [6.07, 6.45) is -8.42. The fourth-order valence-corrected chi connectivity index (χ4v) is 8.16. The molecule has 0 spiro atoms. The van der Waals surface area contributed by atoms with Crippen LogP contribution >= 0.6 is 0 Å². The van der Waals surface area contributed by atoms with Gasteiger partial charge in [0.25, 0.3) is 0 Å². The third kappa shape index (κ3) is 15.4. The number of anilines is 2. The van der Waals surface area contributed by atoms with Crippen molar-refractivity contribution in [3.8, 4) is 11.5 Å². The van der Waals surface area contributed by atoms with Crippen molar-refractivity contribution in [2.75, 3.05) is 23.8 Å². The number of halogens is 34. The number of benzene rings is 3. The molecule has 0 aliphatic heterocycles. The first-order chi connectivity index (χ1) is 43.3. The van der Waals surface area contributed by atoms with E-state index in [9.17, 15) is 124 Å². The number of allylic oxidation sites excluding steroid dienone is 2. The highest BCUT2D eigenvalue weighted by atomic mass is 19.4. The molecule has 0 atom stereocenters. The molecule has 0 radical (unpaired) electrons. The number of rotatable bonds is 38. The Morgan fingerprint density at radius 2 is 0.635 bits per heavy atom. The zero-order chi connectivity index (χ0) is 74.4. The van der Waals surface area contributed by atoms with Crippen LogP contribution in [0, 0.1) is 0 Å². The lowest BCUT2D eigenvalue weighted by Crippen LogP contribution is -2.74. The minimum absolute atomic E-state index is 0.00335. The number of ether oxygens (including phenoxy) is 2. The van der Waals surface area contributed by atoms with E-state index in [1.165, 1.54) is 12.1 Å². The molecule has 0 saturated carbocycles. The molecule has 2 N–H and O–H groups in total. The second kappa shape index (κ2) is 29.4. The van der Waals surface area contributed by atoms with Gasteiger partial charge in [0.1, 0.15) is 11.5 Å². The molecule has 0 bridgehead atoms. The van der Waals surface area contributed by atoms with Gasteiger partial charge in [0.2, 0.25) is 0 Å². The van der Waals surface area contributed by atoms with Crippen molar-refractivity contribution < 1.29 is 168 Å². The summed E-state index contributed by atoms with van der Waals surface area (Å²) in [4.78, 5) is 26.2. The van der Waals surface area contributed by atoms with Crippen LogP contribution in [0.3, 0.4) is 0 Å². The molecule has 0 heterocycles. The average molecular weight is 1460 g/mol. The number of alkyl halides is 34. The highest BCUT2D eigenvalue weighted by molar-refractivity contribution is 6.05. The van der Waals surface area contributed by atoms with Crippen LogP contribution < -0.4 is 20.1 Å². The number of carbonyl (C=O) groups excluding carboxylic acids is 2. The van der Waals surface area contributed by atoms with Gasteiger partial charge in [-0.2, -0.15) is 149 Å². The molecule has 0 aromatic heterocycles. The first-order valence-electron chi connectivity index (χ1n) is 27.4. The van der Waals surface area contributed by atoms with E-state index in [0.29, 0.717) is 38.0 Å². The van der Waals surface area contributed by atoms with Gasteiger partial charge in [-0.1, -0.05) is 102 Å². The molecule has 0 aliphatic carbocycles. The molecule has 6 nitrogen and oxygen atoms in total. The van der Waals surface area contributed by atoms with E-state index in [2.05, 4.69) is 0 Å². The quantitative estimate of drug-likeness (QED) is 0.0258. The van der Waals surface area contributed by atoms with Gasteiger partial charge in [0.05, 0.1) is 30.2 Å². The van der Waals surface area contributed by atoms with Crippen molar-refractivity contribution in [1.82, 2.24) is 0 Å². The molecule has 96 heavy (non-hydrogen) atoms. The number of hydrogen-bond donors (Lipinski definition) is 2. The van der Waals surface area contributed by atoms with Gasteiger partial charge in [0, 0.05) is 47.3 Å². The van der Waals surface area contributed by atoms with Crippen LogP contribution in [-0.2, 0) is 11.8 Å². The number of carbonyl (C=O) groups is 2. The monoisotopic (exact) mass is 1460 g/mol. The zero-order valence-corrected chi connectivity index (χ0v) is 48.5. The van der Waals surface area contributed by atoms with Crippen molar-refractivity contribution in [2.45, 2.75) is 186 Å². The summed E-state index contributed by atoms with van der Waals surface area (Å²) >= 11 is 0. The molecule has 0 aliphatic rings. The third-order valence-electron chi connectivity index (χ3n) is 14.0. The van der Waals surface area contributed by atoms with Crippen molar-refractivity contribution >= 4 is 22.9 Å². The average Bonchev–Trinajstić information content (AvgIpc) is 0.700. The van der Waals surface area contributed by atoms with E-state index in [4.69, 9.17) is 9.47 Å². The Morgan fingerprint density at radius 3 is 0.990 bits per heavy atom. The van der Waals surface area contributed by atoms with Crippen molar-refractivity contribution in [3.63, 3.8) is 0 Å². The predicted octanol–water partition coefficient (Wildman–Crippen LogP) is 21.7. The zero-order valence-electron chi connectivity index (χ0n) is 48.5. The van der Waals surface area contributed by atoms with E-state index < -0.39 is 165 Å². The fourth-order valence-electron chi connectivity index (χ4n) is 8.16. The largest absolute Gasteiger partial charge is 0.494 e. The minimum atomic E-state index is -9.05. The molecule has 3 aromatic carbocycles. The number of unbranched alkanes of at least 4 members (excludes halogenated alkanes) is 10. The molecule has 3 aromatic rings. The van der Waals surface area contributed by atoms with E-state index in [1.807, 2.05) is 17.6 Å². The summed E-state index contributed by atoms with van der Waals surface area (Å²) in [5.74, 6) is -124. The maximum Gasteiger partial charge on any atom is 0.460 e. The summed E-state index contributed by atoms with van der Waals surface area (Å²) in [7, 11) is 0. The highest BCUT2D eigenvalue weighted by Gasteiger charge is 2.97. The van der Waals surface area contributed by atoms with Gasteiger partial charge in [-0.15, -0.1) is 0 Å². The maximum absolute atomic E-state index is 16.3. The van der Waals surface area contributed by atoms with Crippen LogP contribution in [0.1, 0.15) is 123 Å². The Balaban J connectivity index is 2.25. The fraction of sp³-hybridized carbons (Fsp3) is 0.571. The Morgan fingerprint density at radius 1 is 0.344 bits per heavy atom. The number of hydrogen-bond acceptors (Lipinski definition) is 6. The summed E-state index contributed by atoms with van der Waals surface area (Å²) in [6, 6.07) is 2.49. The van der Waals surface area contributed by atoms with Gasteiger partial charge in [-0.05, 0) is 43.2 Å². The molecular weight excluding hydrogens is 1410 g/mol. The Kier molecular flexibility index (Phi) is 25.6. The van der Waals surface area contributed by atoms with Crippen molar-refractivity contribution in [3.05, 3.63) is 107 Å². The molecule has 3 rings (SSSR count). The standard InChI is InChI=1S/C56H50F34N2O4/c1-3-5-7-9-11-13-27-95-34-21-17-32(18-22-34)39(94)23-25-91-36-29-35(42(59,60)44(63,64)46(67,68)48(71,72)50(75,76)52(79,80)54(83,84)56(88,89)90)40(96-28-14-12-10-8-6-4-2)30-37(36)92-26-24-38(93)31-15-19-33(20-16-31)41(57,58)43(61,62)45(65,66)47(69,70)49(73,74)51(77,78)53(81,82)55(85,86)87/h15-26,29-30,91-92H,3-14,27-28H2,1-2H3/b25-23-,26-24-. The lowest BCUT2D eigenvalue weighted by Gasteiger charge is -2.43. The van der Waals surface area contributed by atoms with E-state index in [1.54, 1.807) is 6.92 Å². The topological polar surface area (TPSA) is 76.7 Å². The molecule has 546 valence electrons. The first-order valence-corrected chi connectivity index (χ1v) is 27.4. The molecule has 0 fully saturated rings. The molecule has 0 amide bonds. The van der Waals surface area contributed by atoms with E-state index in [-0.39, 0.29) is 67.7 Å². The second-order valence-electron chi connectivity index (χ2n) is 20.9. The predicted molar refractivity (Wildman–Crippen MR) is 271 cm³/mol. The van der Waals surface area contributed by atoms with E-state index >= 15 is 35.1 Å². The number of ketones is 2. The van der Waals surface area contributed by atoms with Crippen LogP contribution in [-0.4, -0.2) is 108 Å². The first kappa shape index (κ1) is 83.5. The Hall–Kier alpha value is -6.70. The second-order valence-corrected chi connectivity index (χ2v) is 20.9. The summed E-state index contributed by atoms with van der Waals surface area (Å²) < 4.78 is 494. The summed E-state index contributed by atoms with van der Waals surface area (Å²) in [5.41, 5.74) is -9.73. The lowest BCUT2D eigenvalue weighted by molar-refractivity contribution is -0.462. The van der Waals surface area contributed by atoms with Crippen LogP contribution in [0.15, 0.2) is 85.2 Å². The van der Waals surface area contributed by atoms with Crippen LogP contribution in [0.25, 0.3) is 0 Å². The van der Waals surface area contributed by atoms with Gasteiger partial charge >= 0.3 is 95.3 Å². The molecular formula is C56H50F34N2O4. The van der Waals surface area contributed by atoms with Crippen molar-refractivity contribution in [1.29, 1.82) is 0 Å².